The zero-order valence-electron chi connectivity index (χ0n) is 19.2. The van der Waals surface area contributed by atoms with E-state index in [1.54, 1.807) is 37.3 Å². The van der Waals surface area contributed by atoms with Gasteiger partial charge in [0.25, 0.3) is 5.78 Å². The lowest BCUT2D eigenvalue weighted by atomic mass is 9.85. The number of hydrogen-bond acceptors (Lipinski definition) is 6. The average molecular weight is 447 g/mol. The first kappa shape index (κ1) is 22.3. The van der Waals surface area contributed by atoms with Crippen LogP contribution in [-0.4, -0.2) is 29.1 Å². The van der Waals surface area contributed by atoms with Gasteiger partial charge in [0.1, 0.15) is 17.3 Å². The van der Waals surface area contributed by atoms with Crippen LogP contribution in [0.5, 0.6) is 5.75 Å². The van der Waals surface area contributed by atoms with Crippen LogP contribution in [0.3, 0.4) is 0 Å². The largest absolute Gasteiger partial charge is 0.507 e. The molecule has 1 amide bonds. The minimum absolute atomic E-state index is 0.0163. The number of aryl methyl sites for hydroxylation is 1. The Morgan fingerprint density at radius 2 is 1.79 bits per heavy atom. The summed E-state index contributed by atoms with van der Waals surface area (Å²) < 4.78 is 10.4. The molecule has 3 aromatic rings. The fourth-order valence-electron chi connectivity index (χ4n) is 3.94. The highest BCUT2D eigenvalue weighted by Gasteiger charge is 2.48. The molecule has 7 heteroatoms. The van der Waals surface area contributed by atoms with Crippen molar-refractivity contribution in [2.45, 2.75) is 39.2 Å². The Labute approximate surface area is 192 Å². The highest BCUT2D eigenvalue weighted by Crippen LogP contribution is 2.42. The fourth-order valence-corrected chi connectivity index (χ4v) is 3.94. The van der Waals surface area contributed by atoms with Crippen molar-refractivity contribution in [2.24, 2.45) is 0 Å². The number of aliphatic hydroxyl groups is 1. The number of methoxy groups -OCH3 is 1. The predicted octanol–water partition coefficient (Wildman–Crippen LogP) is 4.92. The molecule has 2 aromatic carbocycles. The fraction of sp³-hybridized carbons (Fsp3) is 0.269. The molecule has 1 atom stereocenters. The molecule has 0 radical (unpaired) electrons. The molecule has 4 rings (SSSR count). The maximum atomic E-state index is 13.2. The van der Waals surface area contributed by atoms with Crippen LogP contribution < -0.4 is 9.64 Å². The van der Waals surface area contributed by atoms with Crippen molar-refractivity contribution >= 4 is 23.3 Å². The first-order valence-electron chi connectivity index (χ1n) is 10.6. The number of aliphatic hydroxyl groups excluding tert-OH is 1. The number of Topliss-reactive ketones (excluding diaryl/α,β-unsaturated/α-hetero) is 1. The van der Waals surface area contributed by atoms with Crippen molar-refractivity contribution in [3.05, 3.63) is 82.6 Å². The second-order valence-corrected chi connectivity index (χ2v) is 9.07. The summed E-state index contributed by atoms with van der Waals surface area (Å²) in [6.07, 6.45) is 0. The number of nitrogens with zero attached hydrogens (tertiary/aromatic N) is 2. The van der Waals surface area contributed by atoms with E-state index in [9.17, 15) is 14.7 Å². The lowest BCUT2D eigenvalue weighted by Gasteiger charge is -2.24. The van der Waals surface area contributed by atoms with Crippen molar-refractivity contribution in [2.75, 3.05) is 12.0 Å². The molecule has 7 nitrogen and oxygen atoms in total. The second-order valence-electron chi connectivity index (χ2n) is 9.07. The summed E-state index contributed by atoms with van der Waals surface area (Å²) in [5.74, 6) is -0.615. The first-order chi connectivity index (χ1) is 15.6. The van der Waals surface area contributed by atoms with Gasteiger partial charge in [0.05, 0.1) is 18.7 Å². The number of ketones is 1. The van der Waals surface area contributed by atoms with E-state index >= 15 is 0 Å². The highest BCUT2D eigenvalue weighted by molar-refractivity contribution is 6.51. The van der Waals surface area contributed by atoms with Crippen LogP contribution in [0.25, 0.3) is 5.76 Å². The molecule has 0 unspecified atom stereocenters. The number of aromatic nitrogens is 1. The third-order valence-electron chi connectivity index (χ3n) is 5.74. The molecular weight excluding hydrogens is 420 g/mol. The monoisotopic (exact) mass is 446 g/mol. The maximum absolute atomic E-state index is 13.2. The molecule has 170 valence electrons. The SMILES string of the molecule is COc1cccc(/C(O)=C2\C(=O)C(=O)N(c3cc(C)on3)[C@H]2c2ccc(C(C)(C)C)cc2)c1. The maximum Gasteiger partial charge on any atom is 0.301 e. The molecule has 0 spiro atoms. The summed E-state index contributed by atoms with van der Waals surface area (Å²) in [6, 6.07) is 15.1. The van der Waals surface area contributed by atoms with Gasteiger partial charge >= 0.3 is 5.91 Å². The summed E-state index contributed by atoms with van der Waals surface area (Å²) in [7, 11) is 1.52. The molecule has 1 saturated heterocycles. The van der Waals surface area contributed by atoms with Crippen LogP contribution >= 0.6 is 0 Å². The molecule has 1 aliphatic rings. The Balaban J connectivity index is 1.92. The number of hydrogen-bond donors (Lipinski definition) is 1. The van der Waals surface area contributed by atoms with Crippen LogP contribution in [0.4, 0.5) is 5.82 Å². The third kappa shape index (κ3) is 4.02. The molecule has 1 aromatic heterocycles. The Morgan fingerprint density at radius 1 is 1.09 bits per heavy atom. The van der Waals surface area contributed by atoms with Gasteiger partial charge in [-0.05, 0) is 35.6 Å². The number of carbonyl (C=O) groups is 2. The number of ether oxygens (including phenoxy) is 1. The minimum atomic E-state index is -0.866. The van der Waals surface area contributed by atoms with Crippen LogP contribution in [0.15, 0.2) is 64.7 Å². The summed E-state index contributed by atoms with van der Waals surface area (Å²) >= 11 is 0. The van der Waals surface area contributed by atoms with E-state index in [2.05, 4.69) is 25.9 Å². The van der Waals surface area contributed by atoms with Gasteiger partial charge in [-0.3, -0.25) is 14.5 Å². The van der Waals surface area contributed by atoms with Gasteiger partial charge in [-0.1, -0.05) is 62.3 Å². The van der Waals surface area contributed by atoms with E-state index in [4.69, 9.17) is 9.26 Å². The van der Waals surface area contributed by atoms with Crippen LogP contribution in [-0.2, 0) is 15.0 Å². The number of amides is 1. The van der Waals surface area contributed by atoms with E-state index < -0.39 is 17.7 Å². The molecule has 33 heavy (non-hydrogen) atoms. The van der Waals surface area contributed by atoms with E-state index in [-0.39, 0.29) is 22.6 Å². The van der Waals surface area contributed by atoms with E-state index in [1.807, 2.05) is 24.3 Å². The zero-order chi connectivity index (χ0) is 23.9. The molecular formula is C26H26N2O5. The van der Waals surface area contributed by atoms with Crippen molar-refractivity contribution in [1.82, 2.24) is 5.16 Å². The lowest BCUT2D eigenvalue weighted by molar-refractivity contribution is -0.132. The molecule has 1 N–H and O–H groups in total. The Kier molecular flexibility index (Phi) is 5.57. The lowest BCUT2D eigenvalue weighted by Crippen LogP contribution is -2.29. The predicted molar refractivity (Wildman–Crippen MR) is 124 cm³/mol. The summed E-state index contributed by atoms with van der Waals surface area (Å²) in [5, 5.41) is 15.2. The molecule has 1 aliphatic heterocycles. The van der Waals surface area contributed by atoms with Crippen LogP contribution in [0.2, 0.25) is 0 Å². The van der Waals surface area contributed by atoms with E-state index in [0.29, 0.717) is 22.6 Å². The van der Waals surface area contributed by atoms with Crippen molar-refractivity contribution < 1.29 is 24.0 Å². The third-order valence-corrected chi connectivity index (χ3v) is 5.74. The molecule has 1 fully saturated rings. The minimum Gasteiger partial charge on any atom is -0.507 e. The van der Waals surface area contributed by atoms with E-state index in [0.717, 1.165) is 5.56 Å². The van der Waals surface area contributed by atoms with Crippen molar-refractivity contribution in [1.29, 1.82) is 0 Å². The molecule has 0 saturated carbocycles. The Hall–Kier alpha value is -3.87. The van der Waals surface area contributed by atoms with Crippen LogP contribution in [0, 0.1) is 6.92 Å². The van der Waals surface area contributed by atoms with Crippen LogP contribution in [0.1, 0.15) is 49.3 Å². The van der Waals surface area contributed by atoms with Gasteiger partial charge in [-0.25, -0.2) is 0 Å². The number of rotatable bonds is 4. The van der Waals surface area contributed by atoms with Gasteiger partial charge in [-0.2, -0.15) is 0 Å². The molecule has 0 bridgehead atoms. The zero-order valence-corrected chi connectivity index (χ0v) is 19.2. The van der Waals surface area contributed by atoms with Crippen molar-refractivity contribution in [3.63, 3.8) is 0 Å². The van der Waals surface area contributed by atoms with Gasteiger partial charge in [0.15, 0.2) is 5.82 Å². The number of carbonyl (C=O) groups excluding carboxylic acids is 2. The Bertz CT molecular complexity index is 1250. The smallest absolute Gasteiger partial charge is 0.301 e. The molecule has 2 heterocycles. The number of anilines is 1. The van der Waals surface area contributed by atoms with Crippen molar-refractivity contribution in [3.8, 4) is 5.75 Å². The molecule has 0 aliphatic carbocycles. The quantitative estimate of drug-likeness (QED) is 0.348. The number of benzene rings is 2. The topological polar surface area (TPSA) is 92.9 Å². The average Bonchev–Trinajstić information content (AvgIpc) is 3.33. The highest BCUT2D eigenvalue weighted by atomic mass is 16.5. The normalized spacial score (nSPS) is 18.1. The van der Waals surface area contributed by atoms with Gasteiger partial charge in [0.2, 0.25) is 0 Å². The standard InChI is InChI=1S/C26H26N2O5/c1-15-13-20(27-33-15)28-22(16-9-11-18(12-10-16)26(2,3)4)21(24(30)25(28)31)23(29)17-7-6-8-19(14-17)32-5/h6-14,22,29H,1-5H3/b23-21+/t22-/m0/s1. The summed E-state index contributed by atoms with van der Waals surface area (Å²) in [4.78, 5) is 27.6. The van der Waals surface area contributed by atoms with Gasteiger partial charge in [-0.15, -0.1) is 0 Å². The van der Waals surface area contributed by atoms with E-state index in [1.165, 1.54) is 12.0 Å². The Morgan fingerprint density at radius 3 is 2.36 bits per heavy atom. The van der Waals surface area contributed by atoms with Gasteiger partial charge < -0.3 is 14.4 Å². The second kappa shape index (κ2) is 8.24. The van der Waals surface area contributed by atoms with Gasteiger partial charge in [0, 0.05) is 11.6 Å². The first-order valence-corrected chi connectivity index (χ1v) is 10.6. The summed E-state index contributed by atoms with van der Waals surface area (Å²) in [5.41, 5.74) is 2.07. The summed E-state index contributed by atoms with van der Waals surface area (Å²) in [6.45, 7) is 8.02.